The van der Waals surface area contributed by atoms with Gasteiger partial charge in [0.15, 0.2) is 0 Å². The summed E-state index contributed by atoms with van der Waals surface area (Å²) in [6, 6.07) is 10.6. The van der Waals surface area contributed by atoms with E-state index in [1.807, 2.05) is 24.3 Å². The summed E-state index contributed by atoms with van der Waals surface area (Å²) in [5, 5.41) is 3.67. The third kappa shape index (κ3) is 5.67. The first-order chi connectivity index (χ1) is 14.1. The van der Waals surface area contributed by atoms with Crippen molar-refractivity contribution in [3.8, 4) is 0 Å². The quantitative estimate of drug-likeness (QED) is 0.708. The van der Waals surface area contributed by atoms with Gasteiger partial charge in [0, 0.05) is 50.6 Å². The SMILES string of the molecule is COCCn1cc(C(=O)NCC(c2ccccc2Cl)N2CCOCC2)ccc1=O. The highest BCUT2D eigenvalue weighted by molar-refractivity contribution is 6.31. The fourth-order valence-electron chi connectivity index (χ4n) is 3.39. The van der Waals surface area contributed by atoms with Gasteiger partial charge in [-0.2, -0.15) is 0 Å². The number of hydrogen-bond donors (Lipinski definition) is 1. The summed E-state index contributed by atoms with van der Waals surface area (Å²) in [4.78, 5) is 27.0. The molecule has 1 aliphatic rings. The van der Waals surface area contributed by atoms with Gasteiger partial charge in [-0.25, -0.2) is 0 Å². The fraction of sp³-hybridized carbons (Fsp3) is 0.429. The van der Waals surface area contributed by atoms with Crippen LogP contribution in [0.1, 0.15) is 22.0 Å². The number of hydrogen-bond acceptors (Lipinski definition) is 5. The number of morpholine rings is 1. The molecule has 156 valence electrons. The van der Waals surface area contributed by atoms with Gasteiger partial charge in [-0.15, -0.1) is 0 Å². The topological polar surface area (TPSA) is 72.8 Å². The lowest BCUT2D eigenvalue weighted by molar-refractivity contribution is 0.0162. The van der Waals surface area contributed by atoms with E-state index in [0.717, 1.165) is 18.7 Å². The van der Waals surface area contributed by atoms with Crippen molar-refractivity contribution in [1.29, 1.82) is 0 Å². The molecule has 0 aliphatic carbocycles. The predicted octanol–water partition coefficient (Wildman–Crippen LogP) is 1.95. The number of nitrogens with one attached hydrogen (secondary N) is 1. The average Bonchev–Trinajstić information content (AvgIpc) is 2.75. The van der Waals surface area contributed by atoms with E-state index in [0.29, 0.717) is 43.5 Å². The Bertz CT molecular complexity index is 880. The van der Waals surface area contributed by atoms with E-state index in [2.05, 4.69) is 10.2 Å². The van der Waals surface area contributed by atoms with Gasteiger partial charge in [0.25, 0.3) is 11.5 Å². The lowest BCUT2D eigenvalue weighted by Crippen LogP contribution is -2.44. The first kappa shape index (κ1) is 21.5. The largest absolute Gasteiger partial charge is 0.383 e. The minimum Gasteiger partial charge on any atom is -0.383 e. The van der Waals surface area contributed by atoms with E-state index >= 15 is 0 Å². The Morgan fingerprint density at radius 1 is 1.24 bits per heavy atom. The molecule has 1 aromatic heterocycles. The van der Waals surface area contributed by atoms with Crippen LogP contribution >= 0.6 is 11.6 Å². The van der Waals surface area contributed by atoms with Gasteiger partial charge in [0.2, 0.25) is 0 Å². The molecule has 29 heavy (non-hydrogen) atoms. The minimum absolute atomic E-state index is 0.0593. The Labute approximate surface area is 175 Å². The molecule has 1 saturated heterocycles. The van der Waals surface area contributed by atoms with Gasteiger partial charge in [-0.1, -0.05) is 29.8 Å². The molecular weight excluding hydrogens is 394 g/mol. The first-order valence-corrected chi connectivity index (χ1v) is 10.0. The molecule has 1 fully saturated rings. The smallest absolute Gasteiger partial charge is 0.252 e. The number of aromatic nitrogens is 1. The third-order valence-electron chi connectivity index (χ3n) is 4.99. The summed E-state index contributed by atoms with van der Waals surface area (Å²) in [7, 11) is 1.57. The number of nitrogens with zero attached hydrogens (tertiary/aromatic N) is 2. The Kier molecular flexibility index (Phi) is 7.83. The highest BCUT2D eigenvalue weighted by Gasteiger charge is 2.25. The fourth-order valence-corrected chi connectivity index (χ4v) is 3.65. The van der Waals surface area contributed by atoms with Crippen LogP contribution in [0.4, 0.5) is 0 Å². The highest BCUT2D eigenvalue weighted by Crippen LogP contribution is 2.27. The van der Waals surface area contributed by atoms with Crippen molar-refractivity contribution in [2.24, 2.45) is 0 Å². The molecule has 0 bridgehead atoms. The van der Waals surface area contributed by atoms with Crippen molar-refractivity contribution < 1.29 is 14.3 Å². The number of ether oxygens (including phenoxy) is 2. The van der Waals surface area contributed by atoms with E-state index in [4.69, 9.17) is 21.1 Å². The van der Waals surface area contributed by atoms with Crippen LogP contribution in [-0.2, 0) is 16.0 Å². The standard InChI is InChI=1S/C21H26ClN3O4/c1-28-11-8-25-15-16(6-7-20(25)26)21(27)23-14-19(24-9-12-29-13-10-24)17-4-2-3-5-18(17)22/h2-7,15,19H,8-14H2,1H3,(H,23,27). The predicted molar refractivity (Wildman–Crippen MR) is 111 cm³/mol. The molecular formula is C21H26ClN3O4. The lowest BCUT2D eigenvalue weighted by atomic mass is 10.0. The van der Waals surface area contributed by atoms with Crippen molar-refractivity contribution in [2.75, 3.05) is 46.6 Å². The van der Waals surface area contributed by atoms with E-state index in [1.165, 1.54) is 10.6 Å². The molecule has 2 aromatic rings. The van der Waals surface area contributed by atoms with Crippen LogP contribution in [-0.4, -0.2) is 61.9 Å². The molecule has 1 N–H and O–H groups in total. The first-order valence-electron chi connectivity index (χ1n) is 9.64. The van der Waals surface area contributed by atoms with Crippen LogP contribution in [0, 0.1) is 0 Å². The maximum absolute atomic E-state index is 12.8. The number of rotatable bonds is 8. The summed E-state index contributed by atoms with van der Waals surface area (Å²) in [5.74, 6) is -0.235. The van der Waals surface area contributed by atoms with Gasteiger partial charge >= 0.3 is 0 Å². The van der Waals surface area contributed by atoms with Crippen molar-refractivity contribution in [2.45, 2.75) is 12.6 Å². The second kappa shape index (κ2) is 10.5. The van der Waals surface area contributed by atoms with Crippen LogP contribution < -0.4 is 10.9 Å². The number of carbonyl (C=O) groups is 1. The average molecular weight is 420 g/mol. The van der Waals surface area contributed by atoms with Crippen LogP contribution in [0.25, 0.3) is 0 Å². The second-order valence-corrected chi connectivity index (χ2v) is 7.25. The molecule has 3 rings (SSSR count). The normalized spacial score (nSPS) is 15.8. The number of pyridine rings is 1. The monoisotopic (exact) mass is 419 g/mol. The van der Waals surface area contributed by atoms with Gasteiger partial charge in [-0.3, -0.25) is 14.5 Å². The summed E-state index contributed by atoms with van der Waals surface area (Å²) in [6.45, 7) is 4.04. The van der Waals surface area contributed by atoms with Gasteiger partial charge in [0.05, 0.1) is 31.4 Å². The molecule has 0 saturated carbocycles. The van der Waals surface area contributed by atoms with Crippen molar-refractivity contribution >= 4 is 17.5 Å². The van der Waals surface area contributed by atoms with Crippen LogP contribution in [0.2, 0.25) is 5.02 Å². The van der Waals surface area contributed by atoms with Crippen molar-refractivity contribution in [3.63, 3.8) is 0 Å². The van der Waals surface area contributed by atoms with E-state index in [9.17, 15) is 9.59 Å². The van der Waals surface area contributed by atoms with Crippen molar-refractivity contribution in [1.82, 2.24) is 14.8 Å². The Morgan fingerprint density at radius 3 is 2.72 bits per heavy atom. The van der Waals surface area contributed by atoms with Gasteiger partial charge in [0.1, 0.15) is 0 Å². The Balaban J connectivity index is 1.74. The zero-order valence-electron chi connectivity index (χ0n) is 16.5. The molecule has 8 heteroatoms. The Morgan fingerprint density at radius 2 is 2.00 bits per heavy atom. The van der Waals surface area contributed by atoms with E-state index in [1.54, 1.807) is 19.4 Å². The van der Waals surface area contributed by atoms with Crippen LogP contribution in [0.5, 0.6) is 0 Å². The molecule has 7 nitrogen and oxygen atoms in total. The number of methoxy groups -OCH3 is 1. The highest BCUT2D eigenvalue weighted by atomic mass is 35.5. The summed E-state index contributed by atoms with van der Waals surface area (Å²) in [5.41, 5.74) is 1.24. The van der Waals surface area contributed by atoms with Gasteiger partial charge in [-0.05, 0) is 17.7 Å². The van der Waals surface area contributed by atoms with E-state index < -0.39 is 0 Å². The molecule has 1 amide bonds. The van der Waals surface area contributed by atoms with E-state index in [-0.39, 0.29) is 17.5 Å². The molecule has 1 unspecified atom stereocenters. The minimum atomic E-state index is -0.235. The molecule has 1 atom stereocenters. The molecule has 1 aromatic carbocycles. The lowest BCUT2D eigenvalue weighted by Gasteiger charge is -2.35. The maximum Gasteiger partial charge on any atom is 0.252 e. The Hall–Kier alpha value is -2.19. The second-order valence-electron chi connectivity index (χ2n) is 6.84. The summed E-state index contributed by atoms with van der Waals surface area (Å²) < 4.78 is 12.0. The van der Waals surface area contributed by atoms with Crippen LogP contribution in [0.15, 0.2) is 47.4 Å². The maximum atomic E-state index is 12.8. The number of amides is 1. The molecule has 2 heterocycles. The zero-order chi connectivity index (χ0) is 20.6. The van der Waals surface area contributed by atoms with Crippen LogP contribution in [0.3, 0.4) is 0 Å². The molecule has 0 radical (unpaired) electrons. The zero-order valence-corrected chi connectivity index (χ0v) is 17.2. The molecule has 1 aliphatic heterocycles. The third-order valence-corrected chi connectivity index (χ3v) is 5.33. The number of carbonyl (C=O) groups excluding carboxylic acids is 1. The van der Waals surface area contributed by atoms with Crippen molar-refractivity contribution in [3.05, 3.63) is 69.1 Å². The number of halogens is 1. The summed E-state index contributed by atoms with van der Waals surface area (Å²) >= 11 is 6.44. The number of benzene rings is 1. The summed E-state index contributed by atoms with van der Waals surface area (Å²) in [6.07, 6.45) is 1.57. The molecule has 0 spiro atoms. The van der Waals surface area contributed by atoms with Gasteiger partial charge < -0.3 is 19.4 Å².